The van der Waals surface area contributed by atoms with E-state index in [1.54, 1.807) is 0 Å². The first kappa shape index (κ1) is 14.8. The maximum absolute atomic E-state index is 3.46. The molecule has 1 nitrogen and oxygen atoms in total. The number of nitrogens with one attached hydrogen (secondary N) is 1. The maximum atomic E-state index is 3.46. The molecule has 0 fully saturated rings. The zero-order valence-corrected chi connectivity index (χ0v) is 12.6. The molecule has 0 heterocycles. The average molecular weight is 267 g/mol. The highest BCUT2D eigenvalue weighted by Gasteiger charge is 2.07. The van der Waals surface area contributed by atoms with E-state index in [1.807, 2.05) is 0 Å². The van der Waals surface area contributed by atoms with Crippen molar-refractivity contribution in [2.24, 2.45) is 0 Å². The monoisotopic (exact) mass is 267 g/mol. The van der Waals surface area contributed by atoms with E-state index in [4.69, 9.17) is 0 Å². The lowest BCUT2D eigenvalue weighted by Gasteiger charge is -2.16. The number of rotatable bonds is 7. The molecule has 1 unspecified atom stereocenters. The Morgan fingerprint density at radius 3 is 2.40 bits per heavy atom. The summed E-state index contributed by atoms with van der Waals surface area (Å²) >= 11 is 0. The van der Waals surface area contributed by atoms with Gasteiger partial charge in [0.05, 0.1) is 0 Å². The van der Waals surface area contributed by atoms with E-state index in [0.717, 1.165) is 6.42 Å². The Labute approximate surface area is 123 Å². The first-order valence-electron chi connectivity index (χ1n) is 7.54. The van der Waals surface area contributed by atoms with Gasteiger partial charge in [-0.05, 0) is 50.8 Å². The number of hydrogen-bond donors (Lipinski definition) is 1. The van der Waals surface area contributed by atoms with E-state index in [-0.39, 0.29) is 0 Å². The van der Waals surface area contributed by atoms with Crippen molar-refractivity contribution in [2.75, 3.05) is 7.05 Å². The van der Waals surface area contributed by atoms with Crippen molar-refractivity contribution >= 4 is 0 Å². The largest absolute Gasteiger partial charge is 0.317 e. The van der Waals surface area contributed by atoms with Crippen LogP contribution < -0.4 is 5.32 Å². The van der Waals surface area contributed by atoms with Crippen molar-refractivity contribution in [1.29, 1.82) is 0 Å². The van der Waals surface area contributed by atoms with E-state index in [9.17, 15) is 0 Å². The molecule has 0 aliphatic rings. The molecule has 0 amide bonds. The summed E-state index contributed by atoms with van der Waals surface area (Å²) in [6.45, 7) is 2.16. The van der Waals surface area contributed by atoms with Crippen molar-refractivity contribution < 1.29 is 0 Å². The van der Waals surface area contributed by atoms with Gasteiger partial charge in [0, 0.05) is 6.04 Å². The van der Waals surface area contributed by atoms with Crippen molar-refractivity contribution in [2.45, 2.75) is 38.6 Å². The summed E-state index contributed by atoms with van der Waals surface area (Å²) in [7, 11) is 2.07. The standard InChI is InChI=1S/C19H25N/c1-16-8-6-12-18(14-16)15-19(20-2)13-7-11-17-9-4-3-5-10-17/h3-6,8-10,12,14,19-20H,7,11,13,15H2,1-2H3. The molecular weight excluding hydrogens is 242 g/mol. The summed E-state index contributed by atoms with van der Waals surface area (Å²) < 4.78 is 0. The third kappa shape index (κ3) is 4.82. The van der Waals surface area contributed by atoms with Crippen LogP contribution in [-0.2, 0) is 12.8 Å². The van der Waals surface area contributed by atoms with E-state index < -0.39 is 0 Å². The summed E-state index contributed by atoms with van der Waals surface area (Å²) in [6.07, 6.45) is 4.75. The smallest absolute Gasteiger partial charge is 0.0105 e. The Bertz CT molecular complexity index is 504. The van der Waals surface area contributed by atoms with E-state index >= 15 is 0 Å². The fourth-order valence-corrected chi connectivity index (χ4v) is 2.67. The summed E-state index contributed by atoms with van der Waals surface area (Å²) in [5.74, 6) is 0. The molecule has 0 saturated carbocycles. The van der Waals surface area contributed by atoms with Crippen LogP contribution in [0.1, 0.15) is 29.5 Å². The third-order valence-corrected chi connectivity index (χ3v) is 3.83. The number of benzene rings is 2. The molecule has 2 aromatic carbocycles. The van der Waals surface area contributed by atoms with Gasteiger partial charge in [-0.25, -0.2) is 0 Å². The van der Waals surface area contributed by atoms with Crippen LogP contribution in [0, 0.1) is 6.92 Å². The van der Waals surface area contributed by atoms with Gasteiger partial charge in [-0.2, -0.15) is 0 Å². The second kappa shape index (κ2) is 7.86. The minimum Gasteiger partial charge on any atom is -0.317 e. The summed E-state index contributed by atoms with van der Waals surface area (Å²) in [6, 6.07) is 20.2. The minimum atomic E-state index is 0.570. The van der Waals surface area contributed by atoms with Gasteiger partial charge >= 0.3 is 0 Å². The zero-order valence-electron chi connectivity index (χ0n) is 12.6. The molecule has 106 valence electrons. The predicted molar refractivity (Wildman–Crippen MR) is 87.1 cm³/mol. The molecule has 1 N–H and O–H groups in total. The van der Waals surface area contributed by atoms with Gasteiger partial charge in [-0.1, -0.05) is 60.2 Å². The van der Waals surface area contributed by atoms with Crippen LogP contribution in [-0.4, -0.2) is 13.1 Å². The first-order chi connectivity index (χ1) is 9.78. The van der Waals surface area contributed by atoms with Gasteiger partial charge < -0.3 is 5.32 Å². The molecule has 0 spiro atoms. The lowest BCUT2D eigenvalue weighted by Crippen LogP contribution is -2.27. The predicted octanol–water partition coefficient (Wildman–Crippen LogP) is 4.15. The quantitative estimate of drug-likeness (QED) is 0.794. The lowest BCUT2D eigenvalue weighted by atomic mass is 9.98. The minimum absolute atomic E-state index is 0.570. The molecule has 0 aliphatic heterocycles. The molecule has 0 aliphatic carbocycles. The Kier molecular flexibility index (Phi) is 5.82. The Morgan fingerprint density at radius 2 is 1.70 bits per heavy atom. The molecule has 0 aromatic heterocycles. The van der Waals surface area contributed by atoms with E-state index in [2.05, 4.69) is 73.9 Å². The molecule has 1 atom stereocenters. The zero-order chi connectivity index (χ0) is 14.2. The fourth-order valence-electron chi connectivity index (χ4n) is 2.67. The number of hydrogen-bond acceptors (Lipinski definition) is 1. The normalized spacial score (nSPS) is 12.3. The maximum Gasteiger partial charge on any atom is 0.0105 e. The van der Waals surface area contributed by atoms with Crippen LogP contribution in [0.4, 0.5) is 0 Å². The molecule has 0 radical (unpaired) electrons. The Balaban J connectivity index is 1.80. The van der Waals surface area contributed by atoms with Crippen molar-refractivity contribution in [1.82, 2.24) is 5.32 Å². The van der Waals surface area contributed by atoms with Gasteiger partial charge in [0.2, 0.25) is 0 Å². The highest BCUT2D eigenvalue weighted by molar-refractivity contribution is 5.23. The average Bonchev–Trinajstić information content (AvgIpc) is 2.47. The topological polar surface area (TPSA) is 12.0 Å². The highest BCUT2D eigenvalue weighted by Crippen LogP contribution is 2.12. The Hall–Kier alpha value is -1.60. The van der Waals surface area contributed by atoms with E-state index in [0.29, 0.717) is 6.04 Å². The lowest BCUT2D eigenvalue weighted by molar-refractivity contribution is 0.502. The summed E-state index contributed by atoms with van der Waals surface area (Å²) in [5, 5.41) is 3.46. The molecule has 1 heteroatoms. The van der Waals surface area contributed by atoms with Crippen LogP contribution >= 0.6 is 0 Å². The van der Waals surface area contributed by atoms with Crippen LogP contribution in [0.5, 0.6) is 0 Å². The second-order valence-corrected chi connectivity index (χ2v) is 5.56. The fraction of sp³-hybridized carbons (Fsp3) is 0.368. The van der Waals surface area contributed by atoms with Gasteiger partial charge in [0.1, 0.15) is 0 Å². The van der Waals surface area contributed by atoms with Gasteiger partial charge in [0.15, 0.2) is 0 Å². The molecule has 0 bridgehead atoms. The molecule has 0 saturated heterocycles. The third-order valence-electron chi connectivity index (χ3n) is 3.83. The number of likely N-dealkylation sites (N-methyl/N-ethyl adjacent to an activating group) is 1. The van der Waals surface area contributed by atoms with Crippen molar-refractivity contribution in [3.8, 4) is 0 Å². The Morgan fingerprint density at radius 1 is 0.950 bits per heavy atom. The van der Waals surface area contributed by atoms with Crippen LogP contribution in [0.25, 0.3) is 0 Å². The first-order valence-corrected chi connectivity index (χ1v) is 7.54. The SMILES string of the molecule is CNC(CCCc1ccccc1)Cc1cccc(C)c1. The number of aryl methyl sites for hydroxylation is 2. The van der Waals surface area contributed by atoms with Gasteiger partial charge in [-0.3, -0.25) is 0 Å². The van der Waals surface area contributed by atoms with Crippen LogP contribution in [0.2, 0.25) is 0 Å². The van der Waals surface area contributed by atoms with Crippen LogP contribution in [0.15, 0.2) is 54.6 Å². The molecule has 2 aromatic rings. The molecule has 20 heavy (non-hydrogen) atoms. The highest BCUT2D eigenvalue weighted by atomic mass is 14.9. The second-order valence-electron chi connectivity index (χ2n) is 5.56. The van der Waals surface area contributed by atoms with Crippen molar-refractivity contribution in [3.63, 3.8) is 0 Å². The summed E-state index contributed by atoms with van der Waals surface area (Å²) in [4.78, 5) is 0. The summed E-state index contributed by atoms with van der Waals surface area (Å²) in [5.41, 5.74) is 4.23. The van der Waals surface area contributed by atoms with Gasteiger partial charge in [0.25, 0.3) is 0 Å². The molecular formula is C19H25N. The van der Waals surface area contributed by atoms with Crippen LogP contribution in [0.3, 0.4) is 0 Å². The van der Waals surface area contributed by atoms with Gasteiger partial charge in [-0.15, -0.1) is 0 Å². The van der Waals surface area contributed by atoms with Crippen molar-refractivity contribution in [3.05, 3.63) is 71.3 Å². The molecule has 2 rings (SSSR count). The van der Waals surface area contributed by atoms with E-state index in [1.165, 1.54) is 36.0 Å².